The molecule has 26 heavy (non-hydrogen) atoms. The van der Waals surface area contributed by atoms with Gasteiger partial charge in [0.25, 0.3) is 5.91 Å². The highest BCUT2D eigenvalue weighted by atomic mass is 35.5. The number of carbonyl (C=O) groups excluding carboxylic acids is 1. The Morgan fingerprint density at radius 2 is 1.88 bits per heavy atom. The van der Waals surface area contributed by atoms with Crippen molar-refractivity contribution in [2.75, 3.05) is 38.6 Å². The molecular weight excluding hydrogens is 376 g/mol. The summed E-state index contributed by atoms with van der Waals surface area (Å²) in [6.45, 7) is 1.81. The van der Waals surface area contributed by atoms with Crippen molar-refractivity contribution in [1.29, 1.82) is 5.26 Å². The maximum Gasteiger partial charge on any atom is 0.263 e. The van der Waals surface area contributed by atoms with Gasteiger partial charge in [0.15, 0.2) is 0 Å². The molecule has 9 heteroatoms. The quantitative estimate of drug-likeness (QED) is 0.323. The van der Waals surface area contributed by atoms with E-state index in [9.17, 15) is 18.5 Å². The van der Waals surface area contributed by atoms with Gasteiger partial charge >= 0.3 is 0 Å². The zero-order chi connectivity index (χ0) is 19.0. The number of alkyl halides is 1. The number of nitrogens with zero attached hydrogens (tertiary/aromatic N) is 3. The molecule has 1 fully saturated rings. The standard InChI is InChI=1S/C17H21ClN4O3S/c18-7-4-8-20-17(23)15(13-19)14-21-9-11-22(12-10-21)26(24,25)16-5-2-1-3-6-16/h1-3,5-6,14H,4,7-12H2,(H,20,23)/b15-14-. The summed E-state index contributed by atoms with van der Waals surface area (Å²) in [5, 5.41) is 11.8. The van der Waals surface area contributed by atoms with Crippen LogP contribution in [0.1, 0.15) is 6.42 Å². The van der Waals surface area contributed by atoms with Gasteiger partial charge in [-0.3, -0.25) is 4.79 Å². The number of piperazine rings is 1. The van der Waals surface area contributed by atoms with E-state index in [2.05, 4.69) is 5.32 Å². The van der Waals surface area contributed by atoms with Crippen LogP contribution in [0.2, 0.25) is 0 Å². The highest BCUT2D eigenvalue weighted by Crippen LogP contribution is 2.17. The summed E-state index contributed by atoms with van der Waals surface area (Å²) in [4.78, 5) is 14.0. The van der Waals surface area contributed by atoms with Gasteiger partial charge in [-0.15, -0.1) is 11.6 Å². The molecule has 0 atom stereocenters. The van der Waals surface area contributed by atoms with Gasteiger partial charge in [0, 0.05) is 44.8 Å². The molecule has 0 unspecified atom stereocenters. The van der Waals surface area contributed by atoms with E-state index in [0.717, 1.165) is 0 Å². The van der Waals surface area contributed by atoms with Crippen LogP contribution in [0.25, 0.3) is 0 Å². The fraction of sp³-hybridized carbons (Fsp3) is 0.412. The van der Waals surface area contributed by atoms with E-state index < -0.39 is 15.9 Å². The highest BCUT2D eigenvalue weighted by Gasteiger charge is 2.27. The molecule has 0 radical (unpaired) electrons. The van der Waals surface area contributed by atoms with Crippen molar-refractivity contribution in [3.05, 3.63) is 42.1 Å². The SMILES string of the molecule is N#C/C(=C/N1CCN(S(=O)(=O)c2ccccc2)CC1)C(=O)NCCCCl. The monoisotopic (exact) mass is 396 g/mol. The minimum absolute atomic E-state index is 0.000982. The number of benzene rings is 1. The van der Waals surface area contributed by atoms with E-state index in [1.807, 2.05) is 6.07 Å². The average molecular weight is 397 g/mol. The second kappa shape index (κ2) is 9.57. The lowest BCUT2D eigenvalue weighted by Gasteiger charge is -2.33. The molecule has 1 heterocycles. The van der Waals surface area contributed by atoms with E-state index in [4.69, 9.17) is 11.6 Å². The van der Waals surface area contributed by atoms with Crippen LogP contribution in [0.5, 0.6) is 0 Å². The van der Waals surface area contributed by atoms with Gasteiger partial charge in [0.05, 0.1) is 4.90 Å². The predicted octanol–water partition coefficient (Wildman–Crippen LogP) is 1.15. The number of sulfonamides is 1. The van der Waals surface area contributed by atoms with E-state index in [0.29, 0.717) is 45.0 Å². The number of nitrogens with one attached hydrogen (secondary N) is 1. The second-order valence-corrected chi connectivity index (χ2v) is 8.02. The first-order valence-electron chi connectivity index (χ1n) is 8.24. The molecule has 0 aliphatic carbocycles. The van der Waals surface area contributed by atoms with Crippen LogP contribution in [-0.4, -0.2) is 62.1 Å². The molecule has 1 aliphatic rings. The number of amides is 1. The zero-order valence-electron chi connectivity index (χ0n) is 14.3. The van der Waals surface area contributed by atoms with Crippen LogP contribution < -0.4 is 5.32 Å². The van der Waals surface area contributed by atoms with Crippen molar-refractivity contribution in [3.63, 3.8) is 0 Å². The molecule has 7 nitrogen and oxygen atoms in total. The Morgan fingerprint density at radius 1 is 1.23 bits per heavy atom. The molecule has 0 bridgehead atoms. The lowest BCUT2D eigenvalue weighted by atomic mass is 10.2. The molecule has 1 aliphatic heterocycles. The summed E-state index contributed by atoms with van der Waals surface area (Å²) >= 11 is 5.56. The Labute approximate surface area is 158 Å². The third kappa shape index (κ3) is 5.21. The van der Waals surface area contributed by atoms with Crippen LogP contribution in [-0.2, 0) is 14.8 Å². The van der Waals surface area contributed by atoms with Crippen molar-refractivity contribution in [3.8, 4) is 6.07 Å². The van der Waals surface area contributed by atoms with Crippen molar-refractivity contribution < 1.29 is 13.2 Å². The molecule has 1 saturated heterocycles. The smallest absolute Gasteiger partial charge is 0.263 e. The topological polar surface area (TPSA) is 93.5 Å². The van der Waals surface area contributed by atoms with Gasteiger partial charge in [-0.1, -0.05) is 18.2 Å². The molecule has 1 N–H and O–H groups in total. The van der Waals surface area contributed by atoms with Crippen LogP contribution >= 0.6 is 11.6 Å². The molecule has 1 aromatic carbocycles. The Balaban J connectivity index is 1.97. The first-order valence-corrected chi connectivity index (χ1v) is 10.2. The number of nitriles is 1. The van der Waals surface area contributed by atoms with Gasteiger partial charge in [0.1, 0.15) is 11.6 Å². The van der Waals surface area contributed by atoms with Crippen LogP contribution in [0, 0.1) is 11.3 Å². The molecule has 140 valence electrons. The highest BCUT2D eigenvalue weighted by molar-refractivity contribution is 7.89. The molecule has 2 rings (SSSR count). The van der Waals surface area contributed by atoms with E-state index in [-0.39, 0.29) is 10.5 Å². The lowest BCUT2D eigenvalue weighted by Crippen LogP contribution is -2.47. The van der Waals surface area contributed by atoms with E-state index >= 15 is 0 Å². The van der Waals surface area contributed by atoms with Gasteiger partial charge in [-0.05, 0) is 18.6 Å². The van der Waals surface area contributed by atoms with Gasteiger partial charge in [-0.25, -0.2) is 8.42 Å². The van der Waals surface area contributed by atoms with Crippen molar-refractivity contribution in [1.82, 2.24) is 14.5 Å². The number of rotatable bonds is 7. The van der Waals surface area contributed by atoms with Crippen molar-refractivity contribution in [2.45, 2.75) is 11.3 Å². The maximum absolute atomic E-state index is 12.6. The largest absolute Gasteiger partial charge is 0.373 e. The number of carbonyl (C=O) groups is 1. The van der Waals surface area contributed by atoms with Crippen LogP contribution in [0.3, 0.4) is 0 Å². The summed E-state index contributed by atoms with van der Waals surface area (Å²) in [6, 6.07) is 10.2. The Bertz CT molecular complexity index is 782. The van der Waals surface area contributed by atoms with Gasteiger partial charge in [-0.2, -0.15) is 9.57 Å². The summed E-state index contributed by atoms with van der Waals surface area (Å²) in [5.74, 6) is -0.0130. The number of halogens is 1. The minimum atomic E-state index is -3.52. The molecule has 0 aromatic heterocycles. The lowest BCUT2D eigenvalue weighted by molar-refractivity contribution is -0.117. The fourth-order valence-electron chi connectivity index (χ4n) is 2.50. The number of hydrogen-bond donors (Lipinski definition) is 1. The average Bonchev–Trinajstić information content (AvgIpc) is 2.67. The first-order chi connectivity index (χ1) is 12.5. The predicted molar refractivity (Wildman–Crippen MR) is 98.8 cm³/mol. The third-order valence-electron chi connectivity index (χ3n) is 3.93. The Hall–Kier alpha value is -2.08. The Morgan fingerprint density at radius 3 is 2.46 bits per heavy atom. The van der Waals surface area contributed by atoms with Crippen molar-refractivity contribution in [2.24, 2.45) is 0 Å². The van der Waals surface area contributed by atoms with Crippen molar-refractivity contribution >= 4 is 27.5 Å². The van der Waals surface area contributed by atoms with E-state index in [1.54, 1.807) is 35.2 Å². The Kier molecular flexibility index (Phi) is 7.45. The summed E-state index contributed by atoms with van der Waals surface area (Å²) in [7, 11) is -3.52. The molecule has 0 spiro atoms. The molecule has 0 saturated carbocycles. The fourth-order valence-corrected chi connectivity index (χ4v) is 4.08. The summed E-state index contributed by atoms with van der Waals surface area (Å²) < 4.78 is 26.6. The minimum Gasteiger partial charge on any atom is -0.373 e. The molecular formula is C17H21ClN4O3S. The molecule has 1 aromatic rings. The van der Waals surface area contributed by atoms with Gasteiger partial charge < -0.3 is 10.2 Å². The normalized spacial score (nSPS) is 16.2. The second-order valence-electron chi connectivity index (χ2n) is 5.71. The zero-order valence-corrected chi connectivity index (χ0v) is 15.8. The van der Waals surface area contributed by atoms with E-state index in [1.165, 1.54) is 10.5 Å². The third-order valence-corrected chi connectivity index (χ3v) is 6.11. The summed E-state index contributed by atoms with van der Waals surface area (Å²) in [6.07, 6.45) is 2.12. The van der Waals surface area contributed by atoms with Crippen LogP contribution in [0.4, 0.5) is 0 Å². The number of hydrogen-bond acceptors (Lipinski definition) is 5. The summed E-state index contributed by atoms with van der Waals surface area (Å²) in [5.41, 5.74) is -0.000982. The molecule has 1 amide bonds. The van der Waals surface area contributed by atoms with Crippen LogP contribution in [0.15, 0.2) is 47.0 Å². The first kappa shape index (κ1) is 20.2. The maximum atomic E-state index is 12.6. The van der Waals surface area contributed by atoms with Gasteiger partial charge in [0.2, 0.25) is 10.0 Å².